The molecule has 0 atom stereocenters. The smallest absolute Gasteiger partial charge is 0.857 e. The molecule has 0 fully saturated rings. The molecule has 0 amide bonds. The van der Waals surface area contributed by atoms with Gasteiger partial charge in [0.1, 0.15) is 0 Å². The fourth-order valence-electron chi connectivity index (χ4n) is 2.27. The standard InChI is InChI=1S/C14H29Si3.2CH3O.Ti/c1-15(2,3)12-10-13(16(4,5)6)14(11-12)17(7,8)9;2*1-2;/h10H2,1-9H3;2*1H3;/q3*-1;+3. The normalized spacial score (nSPS) is 15.0. The predicted molar refractivity (Wildman–Crippen MR) is 100 cm³/mol. The van der Waals surface area contributed by atoms with E-state index in [0.717, 1.165) is 14.2 Å². The van der Waals surface area contributed by atoms with E-state index in [1.54, 1.807) is 10.4 Å². The summed E-state index contributed by atoms with van der Waals surface area (Å²) in [6, 6.07) is 0. The number of allylic oxidation sites excluding steroid dienone is 4. The van der Waals surface area contributed by atoms with Crippen molar-refractivity contribution in [1.29, 1.82) is 0 Å². The maximum Gasteiger partial charge on any atom is 3.00 e. The van der Waals surface area contributed by atoms with Crippen LogP contribution in [0.4, 0.5) is 0 Å². The van der Waals surface area contributed by atoms with Gasteiger partial charge < -0.3 is 10.2 Å². The van der Waals surface area contributed by atoms with Crippen LogP contribution >= 0.6 is 0 Å². The Labute approximate surface area is 157 Å². The molecule has 1 radical (unpaired) electrons. The van der Waals surface area contributed by atoms with Gasteiger partial charge in [0.15, 0.2) is 0 Å². The molecule has 1 rings (SSSR count). The van der Waals surface area contributed by atoms with Crippen molar-refractivity contribution in [2.45, 2.75) is 65.3 Å². The Hall–Kier alpha value is 0.765. The second-order valence-corrected chi connectivity index (χ2v) is 23.6. The van der Waals surface area contributed by atoms with E-state index in [-0.39, 0.29) is 21.7 Å². The molecule has 1 aliphatic rings. The Morgan fingerprint density at radius 2 is 1.05 bits per heavy atom. The van der Waals surface area contributed by atoms with E-state index in [1.165, 1.54) is 6.42 Å². The molecular weight excluding hydrogens is 356 g/mol. The SMILES string of the molecule is C[O-].C[O-].C[Si](C)(C)C1=[C-]C([Si](C)(C)C)=C([Si](C)(C)C)C1.[Ti+3]. The Bertz CT molecular complexity index is 384. The topological polar surface area (TPSA) is 46.1 Å². The van der Waals surface area contributed by atoms with E-state index in [0.29, 0.717) is 0 Å². The van der Waals surface area contributed by atoms with Crippen LogP contribution in [-0.2, 0) is 21.7 Å². The summed E-state index contributed by atoms with van der Waals surface area (Å²) in [4.78, 5) is 0. The quantitative estimate of drug-likeness (QED) is 0.548. The fourth-order valence-corrected chi connectivity index (χ4v) is 9.07. The van der Waals surface area contributed by atoms with Crippen molar-refractivity contribution in [3.63, 3.8) is 0 Å². The number of hydrogen-bond donors (Lipinski definition) is 0. The molecule has 0 saturated carbocycles. The van der Waals surface area contributed by atoms with Crippen molar-refractivity contribution in [3.05, 3.63) is 21.7 Å². The molecule has 0 N–H and O–H groups in total. The van der Waals surface area contributed by atoms with Gasteiger partial charge in [-0.05, 0) is 8.07 Å². The molecule has 0 spiro atoms. The summed E-state index contributed by atoms with van der Waals surface area (Å²) >= 11 is 0. The molecule has 0 aliphatic heterocycles. The first kappa shape index (κ1) is 27.6. The summed E-state index contributed by atoms with van der Waals surface area (Å²) in [6.45, 7) is 22.3. The maximum atomic E-state index is 8.25. The Morgan fingerprint density at radius 1 is 0.682 bits per heavy atom. The van der Waals surface area contributed by atoms with Crippen LogP contribution in [0.15, 0.2) is 15.6 Å². The first-order valence-corrected chi connectivity index (χ1v) is 18.0. The fraction of sp³-hybridized carbons (Fsp3) is 0.750. The third-order valence-corrected chi connectivity index (χ3v) is 10.0. The molecular formula is C16H35O2Si3Ti. The van der Waals surface area contributed by atoms with Gasteiger partial charge in [-0.1, -0.05) is 65.3 Å². The zero-order valence-electron chi connectivity index (χ0n) is 16.5. The molecule has 22 heavy (non-hydrogen) atoms. The van der Waals surface area contributed by atoms with E-state index in [2.05, 4.69) is 65.0 Å². The van der Waals surface area contributed by atoms with Crippen molar-refractivity contribution < 1.29 is 31.9 Å². The molecule has 6 heteroatoms. The Kier molecular flexibility index (Phi) is 13.3. The van der Waals surface area contributed by atoms with Crippen LogP contribution in [0.3, 0.4) is 0 Å². The van der Waals surface area contributed by atoms with Gasteiger partial charge in [0.05, 0.1) is 8.07 Å². The Morgan fingerprint density at radius 3 is 1.23 bits per heavy atom. The van der Waals surface area contributed by atoms with Crippen molar-refractivity contribution in [2.75, 3.05) is 14.2 Å². The second-order valence-electron chi connectivity index (χ2n) is 8.38. The molecule has 0 unspecified atom stereocenters. The average Bonchev–Trinajstić information content (AvgIpc) is 2.78. The zero-order chi connectivity index (χ0) is 17.6. The van der Waals surface area contributed by atoms with Crippen LogP contribution in [0.25, 0.3) is 0 Å². The van der Waals surface area contributed by atoms with Crippen LogP contribution in [0.2, 0.25) is 58.9 Å². The van der Waals surface area contributed by atoms with E-state index >= 15 is 0 Å². The van der Waals surface area contributed by atoms with Gasteiger partial charge >= 0.3 is 21.7 Å². The van der Waals surface area contributed by atoms with Gasteiger partial charge in [-0.25, -0.2) is 10.4 Å². The third-order valence-electron chi connectivity index (χ3n) is 3.49. The predicted octanol–water partition coefficient (Wildman–Crippen LogP) is 3.00. The molecule has 127 valence electrons. The molecule has 0 heterocycles. The van der Waals surface area contributed by atoms with E-state index in [4.69, 9.17) is 10.2 Å². The van der Waals surface area contributed by atoms with Gasteiger partial charge in [-0.15, -0.1) is 0 Å². The summed E-state index contributed by atoms with van der Waals surface area (Å²) in [5.74, 6) is 0. The van der Waals surface area contributed by atoms with E-state index in [9.17, 15) is 0 Å². The van der Waals surface area contributed by atoms with E-state index in [1.807, 2.05) is 5.20 Å². The summed E-state index contributed by atoms with van der Waals surface area (Å²) in [5, 5.41) is 21.7. The van der Waals surface area contributed by atoms with Gasteiger partial charge in [0.25, 0.3) is 0 Å². The minimum Gasteiger partial charge on any atom is -0.857 e. The van der Waals surface area contributed by atoms with Gasteiger partial charge in [-0.3, -0.25) is 6.08 Å². The molecule has 0 bridgehead atoms. The van der Waals surface area contributed by atoms with Gasteiger partial charge in [-0.2, -0.15) is 19.4 Å². The summed E-state index contributed by atoms with van der Waals surface area (Å²) in [5.41, 5.74) is 0. The van der Waals surface area contributed by atoms with Crippen LogP contribution in [0.1, 0.15) is 6.42 Å². The monoisotopic (exact) mass is 391 g/mol. The Balaban J connectivity index is -0.000000665. The summed E-state index contributed by atoms with van der Waals surface area (Å²) in [7, 11) is -2.03. The third kappa shape index (κ3) is 8.57. The first-order chi connectivity index (χ1) is 9.33. The molecule has 0 aromatic heterocycles. The molecule has 1 aliphatic carbocycles. The molecule has 2 nitrogen and oxygen atoms in total. The van der Waals surface area contributed by atoms with Crippen LogP contribution in [0, 0.1) is 6.08 Å². The van der Waals surface area contributed by atoms with E-state index < -0.39 is 24.2 Å². The number of hydrogen-bond acceptors (Lipinski definition) is 2. The molecule has 0 saturated heterocycles. The minimum absolute atomic E-state index is 0. The maximum absolute atomic E-state index is 8.25. The van der Waals surface area contributed by atoms with Crippen molar-refractivity contribution in [3.8, 4) is 0 Å². The van der Waals surface area contributed by atoms with Crippen molar-refractivity contribution >= 4 is 24.2 Å². The summed E-state index contributed by atoms with van der Waals surface area (Å²) < 4.78 is 0. The van der Waals surface area contributed by atoms with Crippen LogP contribution < -0.4 is 10.2 Å². The molecule has 0 aromatic rings. The molecule has 0 aromatic carbocycles. The van der Waals surface area contributed by atoms with Crippen molar-refractivity contribution in [2.24, 2.45) is 0 Å². The minimum atomic E-state index is -1.21. The average molecular weight is 392 g/mol. The van der Waals surface area contributed by atoms with Crippen LogP contribution in [0.5, 0.6) is 0 Å². The van der Waals surface area contributed by atoms with Crippen molar-refractivity contribution in [1.82, 2.24) is 0 Å². The largest absolute Gasteiger partial charge is 3.00 e. The zero-order valence-corrected chi connectivity index (χ0v) is 21.1. The first-order valence-electron chi connectivity index (χ1n) is 7.52. The van der Waals surface area contributed by atoms with Gasteiger partial charge in [0.2, 0.25) is 0 Å². The summed E-state index contributed by atoms with van der Waals surface area (Å²) in [6.07, 6.45) is 5.15. The second kappa shape index (κ2) is 10.6. The number of rotatable bonds is 3. The van der Waals surface area contributed by atoms with Crippen LogP contribution in [-0.4, -0.2) is 38.4 Å². The van der Waals surface area contributed by atoms with Gasteiger partial charge in [0, 0.05) is 8.07 Å².